The molecule has 0 unspecified atom stereocenters. The first kappa shape index (κ1) is 10.2. The Kier molecular flexibility index (Phi) is 2.51. The zero-order valence-electron chi connectivity index (χ0n) is 9.26. The summed E-state index contributed by atoms with van der Waals surface area (Å²) in [5, 5.41) is 9.80. The Morgan fingerprint density at radius 3 is 2.47 bits per heavy atom. The number of phenolic OH excluding ortho intramolecular Hbond substituents is 1. The Morgan fingerprint density at radius 2 is 1.87 bits per heavy atom. The van der Waals surface area contributed by atoms with Gasteiger partial charge in [0.1, 0.15) is 5.75 Å². The third-order valence-corrected chi connectivity index (χ3v) is 3.21. The normalized spacial score (nSPS) is 14.8. The van der Waals surface area contributed by atoms with E-state index in [1.54, 1.807) is 6.07 Å². The van der Waals surface area contributed by atoms with E-state index in [0.29, 0.717) is 5.56 Å². The Hall–Kier alpha value is -1.31. The molecule has 2 nitrogen and oxygen atoms in total. The molecule has 0 saturated heterocycles. The Morgan fingerprint density at radius 1 is 1.27 bits per heavy atom. The van der Waals surface area contributed by atoms with Crippen molar-refractivity contribution in [3.05, 3.63) is 28.3 Å². The smallest absolute Gasteiger partial charge is 0.163 e. The minimum atomic E-state index is -0.0225. The van der Waals surface area contributed by atoms with Crippen LogP contribution >= 0.6 is 0 Å². The molecule has 15 heavy (non-hydrogen) atoms. The maximum atomic E-state index is 11.5. The maximum absolute atomic E-state index is 11.5. The molecule has 1 N–H and O–H groups in total. The molecule has 2 heteroatoms. The van der Waals surface area contributed by atoms with Crippen LogP contribution in [-0.4, -0.2) is 10.9 Å². The quantitative estimate of drug-likeness (QED) is 0.714. The fraction of sp³-hybridized carbons (Fsp3) is 0.462. The summed E-state index contributed by atoms with van der Waals surface area (Å²) in [5.74, 6) is 0.131. The van der Waals surface area contributed by atoms with Crippen molar-refractivity contribution in [1.82, 2.24) is 0 Å². The van der Waals surface area contributed by atoms with Gasteiger partial charge in [-0.05, 0) is 62.3 Å². The third-order valence-electron chi connectivity index (χ3n) is 3.21. The van der Waals surface area contributed by atoms with Gasteiger partial charge in [-0.2, -0.15) is 0 Å². The fourth-order valence-corrected chi connectivity index (χ4v) is 2.53. The number of aryl methyl sites for hydroxylation is 1. The highest BCUT2D eigenvalue weighted by atomic mass is 16.3. The van der Waals surface area contributed by atoms with Gasteiger partial charge in [0.25, 0.3) is 0 Å². The van der Waals surface area contributed by atoms with Crippen LogP contribution in [0.2, 0.25) is 0 Å². The molecule has 0 spiro atoms. The van der Waals surface area contributed by atoms with Crippen LogP contribution in [0, 0.1) is 6.92 Å². The first-order chi connectivity index (χ1) is 7.11. The summed E-state index contributed by atoms with van der Waals surface area (Å²) in [5.41, 5.74) is 4.04. The van der Waals surface area contributed by atoms with Crippen molar-refractivity contribution in [1.29, 1.82) is 0 Å². The first-order valence-electron chi connectivity index (χ1n) is 5.46. The molecule has 1 aliphatic rings. The third kappa shape index (κ3) is 1.65. The molecule has 0 fully saturated rings. The largest absolute Gasteiger partial charge is 0.507 e. The lowest BCUT2D eigenvalue weighted by Crippen LogP contribution is -2.11. The molecule has 1 aromatic rings. The van der Waals surface area contributed by atoms with Gasteiger partial charge in [0.15, 0.2) is 5.78 Å². The number of aromatic hydroxyl groups is 1. The van der Waals surface area contributed by atoms with E-state index < -0.39 is 0 Å². The second-order valence-corrected chi connectivity index (χ2v) is 4.31. The van der Waals surface area contributed by atoms with Gasteiger partial charge in [0.2, 0.25) is 0 Å². The van der Waals surface area contributed by atoms with Gasteiger partial charge in [0.05, 0.1) is 5.56 Å². The van der Waals surface area contributed by atoms with E-state index in [2.05, 4.69) is 0 Å². The zero-order chi connectivity index (χ0) is 11.0. The SMILES string of the molecule is CC(=O)c1c(O)cc(C)c2c1CCCC2. The minimum absolute atomic E-state index is 0.0225. The monoisotopic (exact) mass is 204 g/mol. The van der Waals surface area contributed by atoms with E-state index in [4.69, 9.17) is 0 Å². The number of hydrogen-bond acceptors (Lipinski definition) is 2. The molecule has 0 aromatic heterocycles. The highest BCUT2D eigenvalue weighted by Gasteiger charge is 2.20. The van der Waals surface area contributed by atoms with Crippen molar-refractivity contribution in [2.24, 2.45) is 0 Å². The van der Waals surface area contributed by atoms with Crippen molar-refractivity contribution in [3.8, 4) is 5.75 Å². The van der Waals surface area contributed by atoms with Crippen LogP contribution in [0.25, 0.3) is 0 Å². The lowest BCUT2D eigenvalue weighted by atomic mass is 9.84. The average Bonchev–Trinajstić information content (AvgIpc) is 2.17. The zero-order valence-corrected chi connectivity index (χ0v) is 9.26. The van der Waals surface area contributed by atoms with Gasteiger partial charge in [-0.3, -0.25) is 4.79 Å². The number of hydrogen-bond donors (Lipinski definition) is 1. The first-order valence-corrected chi connectivity index (χ1v) is 5.46. The van der Waals surface area contributed by atoms with E-state index in [1.165, 1.54) is 18.9 Å². The molecule has 80 valence electrons. The number of fused-ring (bicyclic) bond motifs is 1. The number of carbonyl (C=O) groups excluding carboxylic acids is 1. The van der Waals surface area contributed by atoms with Crippen LogP contribution in [0.5, 0.6) is 5.75 Å². The van der Waals surface area contributed by atoms with E-state index in [1.807, 2.05) is 6.92 Å². The lowest BCUT2D eigenvalue weighted by Gasteiger charge is -2.21. The number of Topliss-reactive ketones (excluding diaryl/α,β-unsaturated/α-hetero) is 1. The standard InChI is InChI=1S/C13H16O2/c1-8-7-12(15)13(9(2)14)11-6-4-3-5-10(8)11/h7,15H,3-6H2,1-2H3. The van der Waals surface area contributed by atoms with Gasteiger partial charge >= 0.3 is 0 Å². The van der Waals surface area contributed by atoms with Crippen LogP contribution < -0.4 is 0 Å². The number of benzene rings is 1. The molecule has 2 rings (SSSR count). The predicted octanol–water partition coefficient (Wildman–Crippen LogP) is 2.78. The second kappa shape index (κ2) is 3.69. The lowest BCUT2D eigenvalue weighted by molar-refractivity contribution is 0.101. The predicted molar refractivity (Wildman–Crippen MR) is 59.5 cm³/mol. The number of phenols is 1. The second-order valence-electron chi connectivity index (χ2n) is 4.31. The van der Waals surface area contributed by atoms with E-state index >= 15 is 0 Å². The summed E-state index contributed by atoms with van der Waals surface area (Å²) in [4.78, 5) is 11.5. The van der Waals surface area contributed by atoms with E-state index in [0.717, 1.165) is 30.4 Å². The summed E-state index contributed by atoms with van der Waals surface area (Å²) in [6, 6.07) is 1.72. The van der Waals surface area contributed by atoms with Crippen molar-refractivity contribution in [2.75, 3.05) is 0 Å². The van der Waals surface area contributed by atoms with Crippen LogP contribution in [0.1, 0.15) is 46.8 Å². The molecule has 1 aromatic carbocycles. The maximum Gasteiger partial charge on any atom is 0.163 e. The molecule has 0 aliphatic heterocycles. The summed E-state index contributed by atoms with van der Waals surface area (Å²) in [7, 11) is 0. The molecule has 0 bridgehead atoms. The van der Waals surface area contributed by atoms with E-state index in [9.17, 15) is 9.90 Å². The van der Waals surface area contributed by atoms with Crippen molar-refractivity contribution in [2.45, 2.75) is 39.5 Å². The average molecular weight is 204 g/mol. The van der Waals surface area contributed by atoms with Gasteiger partial charge < -0.3 is 5.11 Å². The van der Waals surface area contributed by atoms with Crippen molar-refractivity contribution in [3.63, 3.8) is 0 Å². The van der Waals surface area contributed by atoms with Gasteiger partial charge in [-0.1, -0.05) is 0 Å². The van der Waals surface area contributed by atoms with Crippen LogP contribution in [-0.2, 0) is 12.8 Å². The van der Waals surface area contributed by atoms with E-state index in [-0.39, 0.29) is 11.5 Å². The topological polar surface area (TPSA) is 37.3 Å². The molecule has 0 atom stereocenters. The summed E-state index contributed by atoms with van der Waals surface area (Å²) in [6.45, 7) is 3.53. The molecule has 0 saturated carbocycles. The van der Waals surface area contributed by atoms with Gasteiger partial charge in [-0.25, -0.2) is 0 Å². The minimum Gasteiger partial charge on any atom is -0.507 e. The van der Waals surface area contributed by atoms with Gasteiger partial charge in [0, 0.05) is 0 Å². The number of ketones is 1. The summed E-state index contributed by atoms with van der Waals surface area (Å²) in [6.07, 6.45) is 4.29. The van der Waals surface area contributed by atoms with Crippen LogP contribution in [0.15, 0.2) is 6.07 Å². The molecule has 1 aliphatic carbocycles. The van der Waals surface area contributed by atoms with Crippen molar-refractivity contribution < 1.29 is 9.90 Å². The summed E-state index contributed by atoms with van der Waals surface area (Å²) >= 11 is 0. The molecule has 0 radical (unpaired) electrons. The Bertz CT molecular complexity index is 419. The summed E-state index contributed by atoms with van der Waals surface area (Å²) < 4.78 is 0. The van der Waals surface area contributed by atoms with Gasteiger partial charge in [-0.15, -0.1) is 0 Å². The highest BCUT2D eigenvalue weighted by molar-refractivity contribution is 5.98. The van der Waals surface area contributed by atoms with Crippen LogP contribution in [0.4, 0.5) is 0 Å². The fourth-order valence-electron chi connectivity index (χ4n) is 2.53. The molecule has 0 heterocycles. The molecule has 0 amide bonds. The molecular weight excluding hydrogens is 188 g/mol. The Balaban J connectivity index is 2.68. The van der Waals surface area contributed by atoms with Crippen LogP contribution in [0.3, 0.4) is 0 Å². The number of rotatable bonds is 1. The van der Waals surface area contributed by atoms with Crippen molar-refractivity contribution >= 4 is 5.78 Å². The molecular formula is C13H16O2. The highest BCUT2D eigenvalue weighted by Crippen LogP contribution is 2.33. The number of carbonyl (C=O) groups is 1. The Labute approximate surface area is 89.9 Å².